The molecule has 148 valence electrons. The maximum Gasteiger partial charge on any atom is 0.253 e. The molecule has 3 aromatic carbocycles. The van der Waals surface area contributed by atoms with Gasteiger partial charge in [-0.2, -0.15) is 0 Å². The van der Waals surface area contributed by atoms with Crippen LogP contribution in [0.4, 0.5) is 0 Å². The Labute approximate surface area is 168 Å². The maximum atomic E-state index is 12.8. The summed E-state index contributed by atoms with van der Waals surface area (Å²) in [6.45, 7) is -0.271. The fourth-order valence-electron chi connectivity index (χ4n) is 2.97. The summed E-state index contributed by atoms with van der Waals surface area (Å²) < 4.78 is 0. The molecule has 0 saturated carbocycles. The highest BCUT2D eigenvalue weighted by molar-refractivity contribution is 6.01. The number of fused-ring (bicyclic) bond motifs is 1. The molecule has 0 aromatic heterocycles. The summed E-state index contributed by atoms with van der Waals surface area (Å²) in [5.41, 5.74) is 3.29. The first-order valence-corrected chi connectivity index (χ1v) is 9.17. The fourth-order valence-corrected chi connectivity index (χ4v) is 2.97. The number of hydrazine groups is 1. The summed E-state index contributed by atoms with van der Waals surface area (Å²) in [5.74, 6) is 3.68. The van der Waals surface area contributed by atoms with Crippen LogP contribution in [0.3, 0.4) is 0 Å². The Bertz CT molecular complexity index is 1020. The van der Waals surface area contributed by atoms with Gasteiger partial charge in [0.1, 0.15) is 6.04 Å². The van der Waals surface area contributed by atoms with Gasteiger partial charge in [0.05, 0.1) is 6.54 Å². The van der Waals surface area contributed by atoms with Gasteiger partial charge in [0, 0.05) is 12.0 Å². The number of amides is 3. The zero-order chi connectivity index (χ0) is 20.6. The van der Waals surface area contributed by atoms with Crippen molar-refractivity contribution in [3.05, 3.63) is 83.9 Å². The van der Waals surface area contributed by atoms with E-state index in [0.717, 1.165) is 16.3 Å². The van der Waals surface area contributed by atoms with E-state index in [9.17, 15) is 14.4 Å². The number of rotatable bonds is 7. The Morgan fingerprint density at radius 2 is 1.55 bits per heavy atom. The van der Waals surface area contributed by atoms with Crippen molar-refractivity contribution in [2.45, 2.75) is 12.5 Å². The zero-order valence-electron chi connectivity index (χ0n) is 15.7. The molecule has 0 radical (unpaired) electrons. The first kappa shape index (κ1) is 20.0. The van der Waals surface area contributed by atoms with Gasteiger partial charge >= 0.3 is 0 Å². The molecular weight excluding hydrogens is 368 g/mol. The van der Waals surface area contributed by atoms with Crippen LogP contribution < -0.4 is 21.9 Å². The SMILES string of the molecule is NNC(=O)CNC(=O)[C@H](Cc1ccccc1)NC(=O)c1ccc2ccccc2c1. The number of hydrogen-bond donors (Lipinski definition) is 4. The molecule has 0 bridgehead atoms. The van der Waals surface area contributed by atoms with Crippen molar-refractivity contribution in [2.24, 2.45) is 5.84 Å². The topological polar surface area (TPSA) is 113 Å². The largest absolute Gasteiger partial charge is 0.345 e. The minimum Gasteiger partial charge on any atom is -0.345 e. The van der Waals surface area contributed by atoms with Crippen molar-refractivity contribution in [3.8, 4) is 0 Å². The fraction of sp³-hybridized carbons (Fsp3) is 0.136. The van der Waals surface area contributed by atoms with Gasteiger partial charge in [0.15, 0.2) is 0 Å². The molecule has 0 saturated heterocycles. The van der Waals surface area contributed by atoms with E-state index in [1.807, 2.05) is 66.1 Å². The van der Waals surface area contributed by atoms with E-state index in [1.165, 1.54) is 0 Å². The highest BCUT2D eigenvalue weighted by Gasteiger charge is 2.22. The first-order chi connectivity index (χ1) is 14.1. The van der Waals surface area contributed by atoms with Crippen molar-refractivity contribution in [1.29, 1.82) is 0 Å². The quantitative estimate of drug-likeness (QED) is 0.277. The van der Waals surface area contributed by atoms with Crippen molar-refractivity contribution in [2.75, 3.05) is 6.54 Å². The lowest BCUT2D eigenvalue weighted by Crippen LogP contribution is -2.50. The monoisotopic (exact) mass is 390 g/mol. The summed E-state index contributed by atoms with van der Waals surface area (Å²) in [6, 6.07) is 21.6. The van der Waals surface area contributed by atoms with Gasteiger partial charge in [-0.25, -0.2) is 5.84 Å². The third-order valence-electron chi connectivity index (χ3n) is 4.50. The Balaban J connectivity index is 1.77. The lowest BCUT2D eigenvalue weighted by molar-refractivity contribution is -0.127. The Kier molecular flexibility index (Phi) is 6.55. The maximum absolute atomic E-state index is 12.8. The van der Waals surface area contributed by atoms with Crippen molar-refractivity contribution in [3.63, 3.8) is 0 Å². The summed E-state index contributed by atoms with van der Waals surface area (Å²) in [4.78, 5) is 36.7. The molecule has 0 aliphatic heterocycles. The predicted molar refractivity (Wildman–Crippen MR) is 111 cm³/mol. The van der Waals surface area contributed by atoms with Gasteiger partial charge in [0.2, 0.25) is 5.91 Å². The highest BCUT2D eigenvalue weighted by Crippen LogP contribution is 2.16. The summed E-state index contributed by atoms with van der Waals surface area (Å²) >= 11 is 0. The number of nitrogens with two attached hydrogens (primary N) is 1. The molecule has 3 rings (SSSR count). The van der Waals surface area contributed by atoms with E-state index in [2.05, 4.69) is 10.6 Å². The molecule has 0 heterocycles. The van der Waals surface area contributed by atoms with Crippen LogP contribution in [0.5, 0.6) is 0 Å². The lowest BCUT2D eigenvalue weighted by atomic mass is 10.0. The average Bonchev–Trinajstić information content (AvgIpc) is 2.77. The van der Waals surface area contributed by atoms with Crippen LogP contribution in [0.25, 0.3) is 10.8 Å². The van der Waals surface area contributed by atoms with Crippen molar-refractivity contribution < 1.29 is 14.4 Å². The molecule has 3 amide bonds. The van der Waals surface area contributed by atoms with Crippen LogP contribution in [-0.4, -0.2) is 30.3 Å². The van der Waals surface area contributed by atoms with Gasteiger partial charge in [-0.3, -0.25) is 19.8 Å². The van der Waals surface area contributed by atoms with E-state index in [-0.39, 0.29) is 18.9 Å². The standard InChI is InChI=1S/C22H22N4O3/c23-26-20(27)14-24-22(29)19(12-15-6-2-1-3-7-15)25-21(28)18-11-10-16-8-4-5-9-17(16)13-18/h1-11,13,19H,12,14,23H2,(H,24,29)(H,25,28)(H,26,27)/t19-/m0/s1. The highest BCUT2D eigenvalue weighted by atomic mass is 16.2. The van der Waals surface area contributed by atoms with Gasteiger partial charge in [0.25, 0.3) is 11.8 Å². The third kappa shape index (κ3) is 5.40. The van der Waals surface area contributed by atoms with Crippen LogP contribution in [0.15, 0.2) is 72.8 Å². The second kappa shape index (κ2) is 9.48. The molecule has 1 atom stereocenters. The molecule has 0 aliphatic rings. The Morgan fingerprint density at radius 1 is 0.862 bits per heavy atom. The smallest absolute Gasteiger partial charge is 0.253 e. The first-order valence-electron chi connectivity index (χ1n) is 9.17. The van der Waals surface area contributed by atoms with Crippen LogP contribution in [0.1, 0.15) is 15.9 Å². The summed E-state index contributed by atoms with van der Waals surface area (Å²) in [7, 11) is 0. The van der Waals surface area contributed by atoms with Crippen LogP contribution in [-0.2, 0) is 16.0 Å². The number of benzene rings is 3. The van der Waals surface area contributed by atoms with Gasteiger partial charge in [-0.05, 0) is 28.5 Å². The number of carbonyl (C=O) groups is 3. The van der Waals surface area contributed by atoms with E-state index in [0.29, 0.717) is 5.56 Å². The van der Waals surface area contributed by atoms with Crippen molar-refractivity contribution in [1.82, 2.24) is 16.1 Å². The van der Waals surface area contributed by atoms with Gasteiger partial charge < -0.3 is 10.6 Å². The molecule has 3 aromatic rings. The minimum absolute atomic E-state index is 0.271. The second-order valence-electron chi connectivity index (χ2n) is 6.56. The molecule has 5 N–H and O–H groups in total. The molecular formula is C22H22N4O3. The lowest BCUT2D eigenvalue weighted by Gasteiger charge is -2.19. The second-order valence-corrected chi connectivity index (χ2v) is 6.56. The molecule has 7 heteroatoms. The van der Waals surface area contributed by atoms with E-state index in [1.54, 1.807) is 12.1 Å². The van der Waals surface area contributed by atoms with Crippen LogP contribution >= 0.6 is 0 Å². The molecule has 7 nitrogen and oxygen atoms in total. The number of hydrogen-bond acceptors (Lipinski definition) is 4. The third-order valence-corrected chi connectivity index (χ3v) is 4.50. The number of carbonyl (C=O) groups excluding carboxylic acids is 3. The Hall–Kier alpha value is -3.71. The van der Waals surface area contributed by atoms with Crippen LogP contribution in [0.2, 0.25) is 0 Å². The summed E-state index contributed by atoms with van der Waals surface area (Å²) in [6.07, 6.45) is 0.288. The van der Waals surface area contributed by atoms with Gasteiger partial charge in [-0.1, -0.05) is 60.7 Å². The average molecular weight is 390 g/mol. The van der Waals surface area contributed by atoms with Crippen molar-refractivity contribution >= 4 is 28.5 Å². The predicted octanol–water partition coefficient (Wildman–Crippen LogP) is 1.29. The normalized spacial score (nSPS) is 11.5. The molecule has 0 unspecified atom stereocenters. The van der Waals surface area contributed by atoms with Crippen LogP contribution in [0, 0.1) is 0 Å². The zero-order valence-corrected chi connectivity index (χ0v) is 15.7. The van der Waals surface area contributed by atoms with E-state index >= 15 is 0 Å². The minimum atomic E-state index is -0.845. The molecule has 29 heavy (non-hydrogen) atoms. The van der Waals surface area contributed by atoms with E-state index in [4.69, 9.17) is 5.84 Å². The van der Waals surface area contributed by atoms with E-state index < -0.39 is 17.9 Å². The molecule has 0 aliphatic carbocycles. The summed E-state index contributed by atoms with van der Waals surface area (Å²) in [5, 5.41) is 7.23. The Morgan fingerprint density at radius 3 is 2.28 bits per heavy atom. The number of nitrogens with one attached hydrogen (secondary N) is 3. The molecule has 0 spiro atoms. The molecule has 0 fully saturated rings. The van der Waals surface area contributed by atoms with Gasteiger partial charge in [-0.15, -0.1) is 0 Å².